The number of para-hydroxylation sites is 1. The van der Waals surface area contributed by atoms with E-state index in [1.807, 2.05) is 24.3 Å². The molecule has 6 nitrogen and oxygen atoms in total. The van der Waals surface area contributed by atoms with Crippen LogP contribution < -0.4 is 4.90 Å². The fourth-order valence-electron chi connectivity index (χ4n) is 3.17. The van der Waals surface area contributed by atoms with Gasteiger partial charge in [-0.15, -0.1) is 0 Å². The molecule has 1 fully saturated rings. The number of amides is 1. The highest BCUT2D eigenvalue weighted by Crippen LogP contribution is 2.40. The highest BCUT2D eigenvalue weighted by atomic mass is 79.9. The largest absolute Gasteiger partial charge is 0.378 e. The van der Waals surface area contributed by atoms with Crippen LogP contribution in [0.25, 0.3) is 0 Å². The molecule has 0 aliphatic carbocycles. The van der Waals surface area contributed by atoms with Gasteiger partial charge < -0.3 is 14.5 Å². The summed E-state index contributed by atoms with van der Waals surface area (Å²) >= 11 is 3.40. The van der Waals surface area contributed by atoms with Gasteiger partial charge in [-0.3, -0.25) is 4.79 Å². The molecule has 0 atom stereocenters. The lowest BCUT2D eigenvalue weighted by molar-refractivity contribution is -0.130. The molecule has 27 heavy (non-hydrogen) atoms. The number of anilines is 2. The first-order valence-electron chi connectivity index (χ1n) is 8.46. The average Bonchev–Trinajstić information content (AvgIpc) is 2.69. The molecule has 2 aromatic carbocycles. The number of halogens is 1. The molecule has 8 heteroatoms. The quantitative estimate of drug-likeness (QED) is 0.705. The van der Waals surface area contributed by atoms with Gasteiger partial charge in [0, 0.05) is 29.4 Å². The zero-order chi connectivity index (χ0) is 19.0. The summed E-state index contributed by atoms with van der Waals surface area (Å²) in [7, 11) is -3.90. The molecule has 2 aliphatic heterocycles. The van der Waals surface area contributed by atoms with Crippen molar-refractivity contribution >= 4 is 43.0 Å². The summed E-state index contributed by atoms with van der Waals surface area (Å²) in [5, 5.41) is 0. The molecule has 0 spiro atoms. The summed E-state index contributed by atoms with van der Waals surface area (Å²) in [6, 6.07) is 14.2. The summed E-state index contributed by atoms with van der Waals surface area (Å²) in [5.74, 6) is -0.491. The van der Waals surface area contributed by atoms with Crippen LogP contribution in [0.5, 0.6) is 0 Å². The normalized spacial score (nSPS) is 18.6. The molecule has 0 bridgehead atoms. The molecule has 0 saturated carbocycles. The van der Waals surface area contributed by atoms with Crippen molar-refractivity contribution in [3.8, 4) is 0 Å². The van der Waals surface area contributed by atoms with Gasteiger partial charge in [-0.25, -0.2) is 8.42 Å². The molecule has 2 aliphatic rings. The van der Waals surface area contributed by atoms with Crippen LogP contribution in [-0.4, -0.2) is 45.5 Å². The molecule has 2 heterocycles. The molecule has 1 saturated heterocycles. The average molecular weight is 449 g/mol. The fraction of sp³-hybridized carbons (Fsp3) is 0.211. The summed E-state index contributed by atoms with van der Waals surface area (Å²) in [5.41, 5.74) is 1.30. The smallest absolute Gasteiger partial charge is 0.267 e. The molecule has 140 valence electrons. The number of sulfone groups is 1. The maximum absolute atomic E-state index is 13.1. The van der Waals surface area contributed by atoms with Crippen molar-refractivity contribution in [1.82, 2.24) is 4.90 Å². The van der Waals surface area contributed by atoms with Crippen LogP contribution >= 0.6 is 15.9 Å². The Morgan fingerprint density at radius 2 is 1.67 bits per heavy atom. The molecular formula is C19H17BrN2O4S. The summed E-state index contributed by atoms with van der Waals surface area (Å²) in [6.45, 7) is 1.58. The standard InChI is InChI=1S/C19H17BrN2O4S/c20-14-5-7-15(8-6-14)22-13-18(19(23)21-9-11-26-12-10-21)27(24,25)17-4-2-1-3-16(17)22/h1-8,13H,9-12H2. The van der Waals surface area contributed by atoms with Gasteiger partial charge >= 0.3 is 0 Å². The van der Waals surface area contributed by atoms with E-state index in [1.54, 1.807) is 23.1 Å². The van der Waals surface area contributed by atoms with Crippen molar-refractivity contribution < 1.29 is 17.9 Å². The molecule has 0 radical (unpaired) electrons. The Balaban J connectivity index is 1.84. The van der Waals surface area contributed by atoms with Crippen molar-refractivity contribution in [1.29, 1.82) is 0 Å². The van der Waals surface area contributed by atoms with E-state index in [4.69, 9.17) is 4.74 Å². The maximum Gasteiger partial charge on any atom is 0.267 e. The minimum atomic E-state index is -3.90. The highest BCUT2D eigenvalue weighted by molar-refractivity contribution is 9.10. The number of morpholine rings is 1. The van der Waals surface area contributed by atoms with Crippen molar-refractivity contribution in [2.75, 3.05) is 31.2 Å². The van der Waals surface area contributed by atoms with Gasteiger partial charge in [0.2, 0.25) is 9.84 Å². The van der Waals surface area contributed by atoms with Crippen LogP contribution in [0.15, 0.2) is 69.0 Å². The van der Waals surface area contributed by atoms with Crippen LogP contribution in [0.3, 0.4) is 0 Å². The number of hydrogen-bond donors (Lipinski definition) is 0. The van der Waals surface area contributed by atoms with Gasteiger partial charge in [-0.1, -0.05) is 28.1 Å². The number of carbonyl (C=O) groups excluding carboxylic acids is 1. The molecule has 0 aromatic heterocycles. The lowest BCUT2D eigenvalue weighted by atomic mass is 10.2. The van der Waals surface area contributed by atoms with Gasteiger partial charge in [0.05, 0.1) is 23.8 Å². The van der Waals surface area contributed by atoms with E-state index in [0.717, 1.165) is 10.2 Å². The number of nitrogens with zero attached hydrogens (tertiary/aromatic N) is 2. The van der Waals surface area contributed by atoms with E-state index in [1.165, 1.54) is 17.2 Å². The van der Waals surface area contributed by atoms with Crippen molar-refractivity contribution in [2.45, 2.75) is 4.90 Å². The summed E-state index contributed by atoms with van der Waals surface area (Å²) < 4.78 is 32.5. The van der Waals surface area contributed by atoms with Crippen molar-refractivity contribution in [2.24, 2.45) is 0 Å². The molecule has 1 amide bonds. The summed E-state index contributed by atoms with van der Waals surface area (Å²) in [4.78, 5) is 16.2. The molecule has 2 aromatic rings. The SMILES string of the molecule is O=C(C1=CN(c2ccc(Br)cc2)c2ccccc2S1(=O)=O)N1CCOCC1. The van der Waals surface area contributed by atoms with E-state index in [-0.39, 0.29) is 9.80 Å². The third-order valence-corrected chi connectivity index (χ3v) is 6.88. The second kappa shape index (κ2) is 7.10. The Bertz CT molecular complexity index is 1010. The maximum atomic E-state index is 13.1. The van der Waals surface area contributed by atoms with Crippen LogP contribution in [0, 0.1) is 0 Å². The Hall–Kier alpha value is -2.16. The lowest BCUT2D eigenvalue weighted by Gasteiger charge is -2.32. The van der Waals surface area contributed by atoms with Crippen molar-refractivity contribution in [3.63, 3.8) is 0 Å². The molecule has 0 unspecified atom stereocenters. The van der Waals surface area contributed by atoms with E-state index < -0.39 is 15.7 Å². The van der Waals surface area contributed by atoms with E-state index in [2.05, 4.69) is 15.9 Å². The van der Waals surface area contributed by atoms with Gasteiger partial charge in [-0.2, -0.15) is 0 Å². The Kier molecular flexibility index (Phi) is 4.79. The number of carbonyl (C=O) groups is 1. The molecule has 4 rings (SSSR count). The van der Waals surface area contributed by atoms with Gasteiger partial charge in [0.25, 0.3) is 5.91 Å². The number of fused-ring (bicyclic) bond motifs is 1. The number of hydrogen-bond acceptors (Lipinski definition) is 5. The topological polar surface area (TPSA) is 66.9 Å². The molecular weight excluding hydrogens is 432 g/mol. The van der Waals surface area contributed by atoms with Gasteiger partial charge in [-0.05, 0) is 36.4 Å². The monoisotopic (exact) mass is 448 g/mol. The number of benzene rings is 2. The minimum absolute atomic E-state index is 0.132. The number of rotatable bonds is 2. The third kappa shape index (κ3) is 3.28. The zero-order valence-electron chi connectivity index (χ0n) is 14.3. The lowest BCUT2D eigenvalue weighted by Crippen LogP contribution is -2.43. The van der Waals surface area contributed by atoms with E-state index in [9.17, 15) is 13.2 Å². The zero-order valence-corrected chi connectivity index (χ0v) is 16.7. The van der Waals surface area contributed by atoms with Crippen LogP contribution in [0.4, 0.5) is 11.4 Å². The van der Waals surface area contributed by atoms with E-state index in [0.29, 0.717) is 32.0 Å². The van der Waals surface area contributed by atoms with Gasteiger partial charge in [0.1, 0.15) is 0 Å². The van der Waals surface area contributed by atoms with Crippen LogP contribution in [0.2, 0.25) is 0 Å². The predicted molar refractivity (Wildman–Crippen MR) is 105 cm³/mol. The van der Waals surface area contributed by atoms with Crippen LogP contribution in [-0.2, 0) is 19.4 Å². The Labute approximate surface area is 166 Å². The first-order chi connectivity index (χ1) is 13.0. The third-order valence-electron chi connectivity index (χ3n) is 4.56. The first kappa shape index (κ1) is 18.2. The van der Waals surface area contributed by atoms with E-state index >= 15 is 0 Å². The second-order valence-electron chi connectivity index (χ2n) is 6.22. The first-order valence-corrected chi connectivity index (χ1v) is 10.7. The Morgan fingerprint density at radius 1 is 1.00 bits per heavy atom. The molecule has 0 N–H and O–H groups in total. The second-order valence-corrected chi connectivity index (χ2v) is 9.02. The van der Waals surface area contributed by atoms with Crippen LogP contribution in [0.1, 0.15) is 0 Å². The van der Waals surface area contributed by atoms with Gasteiger partial charge in [0.15, 0.2) is 4.91 Å². The number of ether oxygens (including phenoxy) is 1. The minimum Gasteiger partial charge on any atom is -0.378 e. The summed E-state index contributed by atoms with van der Waals surface area (Å²) in [6.07, 6.45) is 1.43. The highest BCUT2D eigenvalue weighted by Gasteiger charge is 2.37. The fourth-order valence-corrected chi connectivity index (χ4v) is 4.97. The predicted octanol–water partition coefficient (Wildman–Crippen LogP) is 3.07. The Morgan fingerprint density at radius 3 is 2.37 bits per heavy atom. The van der Waals surface area contributed by atoms with Crippen molar-refractivity contribution in [3.05, 3.63) is 64.1 Å².